The van der Waals surface area contributed by atoms with Gasteiger partial charge in [-0.15, -0.1) is 0 Å². The molecule has 1 aromatic rings. The molecule has 2 rings (SSSR count). The fourth-order valence-electron chi connectivity index (χ4n) is 3.51. The predicted octanol–water partition coefficient (Wildman–Crippen LogP) is 7.38. The number of allylic oxidation sites excluding steroid dienone is 4. The third-order valence-electron chi connectivity index (χ3n) is 6.35. The number of methoxy groups -OCH3 is 1. The molecule has 6 heteroatoms. The molecular weight excluding hydrogens is 462 g/mol. The van der Waals surface area contributed by atoms with Crippen LogP contribution in [0.5, 0.6) is 5.75 Å². The maximum Gasteiger partial charge on any atom is 0.226 e. The first-order valence-corrected chi connectivity index (χ1v) is 13.1. The number of rotatable bonds is 11. The molecular formula is C29H48ClNO4. The first-order chi connectivity index (χ1) is 16.6. The highest BCUT2D eigenvalue weighted by atomic mass is 35.5. The van der Waals surface area contributed by atoms with Crippen molar-refractivity contribution in [3.63, 3.8) is 0 Å². The summed E-state index contributed by atoms with van der Waals surface area (Å²) >= 11 is 6.56. The number of amides is 1. The number of aliphatic hydroxyl groups is 1. The minimum Gasteiger partial charge on any atom is -0.495 e. The Morgan fingerprint density at radius 1 is 1.34 bits per heavy atom. The fraction of sp³-hybridized carbons (Fsp3) is 0.621. The highest BCUT2D eigenvalue weighted by Crippen LogP contribution is 2.41. The number of ether oxygens (including phenoxy) is 2. The lowest BCUT2D eigenvalue weighted by Gasteiger charge is -2.22. The Kier molecular flexibility index (Phi) is 15.9. The Balaban J connectivity index is 0.00000274. The molecule has 1 fully saturated rings. The molecule has 1 saturated heterocycles. The summed E-state index contributed by atoms with van der Waals surface area (Å²) in [5, 5.41) is 7.46. The first-order valence-electron chi connectivity index (χ1n) is 12.7. The van der Waals surface area contributed by atoms with Gasteiger partial charge in [-0.1, -0.05) is 69.5 Å². The molecule has 1 N–H and O–H groups in total. The van der Waals surface area contributed by atoms with Crippen LogP contribution >= 0.6 is 11.6 Å². The summed E-state index contributed by atoms with van der Waals surface area (Å²) in [7, 11) is 4.37. The molecule has 5 nitrogen and oxygen atoms in total. The van der Waals surface area contributed by atoms with E-state index in [1.165, 1.54) is 12.0 Å². The second-order valence-corrected chi connectivity index (χ2v) is 9.40. The number of aliphatic hydroxyl groups excluding tert-OH is 1. The van der Waals surface area contributed by atoms with E-state index in [4.69, 9.17) is 26.2 Å². The van der Waals surface area contributed by atoms with E-state index in [0.29, 0.717) is 35.2 Å². The fourth-order valence-corrected chi connectivity index (χ4v) is 3.83. The zero-order chi connectivity index (χ0) is 27.2. The largest absolute Gasteiger partial charge is 0.495 e. The van der Waals surface area contributed by atoms with Gasteiger partial charge in [-0.3, -0.25) is 4.79 Å². The lowest BCUT2D eigenvalue weighted by atomic mass is 10.0. The minimum atomic E-state index is -0.176. The number of carbonyl (C=O) groups excluding carboxylic acids is 1. The van der Waals surface area contributed by atoms with E-state index < -0.39 is 0 Å². The van der Waals surface area contributed by atoms with Gasteiger partial charge < -0.3 is 19.5 Å². The second kappa shape index (κ2) is 16.8. The Hall–Kier alpha value is -1.82. The van der Waals surface area contributed by atoms with Crippen molar-refractivity contribution in [3.8, 4) is 5.75 Å². The number of anilines is 1. The van der Waals surface area contributed by atoms with Gasteiger partial charge in [-0.25, -0.2) is 0 Å². The maximum atomic E-state index is 12.8. The van der Waals surface area contributed by atoms with Crippen LogP contribution in [0.4, 0.5) is 5.69 Å². The quantitative estimate of drug-likeness (QED) is 0.249. The van der Waals surface area contributed by atoms with Gasteiger partial charge in [0.2, 0.25) is 5.91 Å². The molecule has 3 unspecified atom stereocenters. The summed E-state index contributed by atoms with van der Waals surface area (Å²) in [6, 6.07) is 3.94. The van der Waals surface area contributed by atoms with E-state index in [0.717, 1.165) is 25.5 Å². The van der Waals surface area contributed by atoms with Crippen molar-refractivity contribution in [2.45, 2.75) is 92.3 Å². The van der Waals surface area contributed by atoms with Gasteiger partial charge in [0, 0.05) is 20.6 Å². The second-order valence-electron chi connectivity index (χ2n) is 9.02. The predicted molar refractivity (Wildman–Crippen MR) is 150 cm³/mol. The standard InChI is InChI=1S/C26H38ClNO3.C2H6.CH4O/c1-8-18(2)11-9-10-12-19(3)15-21-16-22(25(27)23(17-21)30-7)28(6)24(29)13-14-26(5)20(4)31-26;2*1-2/h9-10,12,16-18,20H,8,11,13-15H2,1-7H3;1-2H3;2H,1H3/b10-9+,19-12+;;. The van der Waals surface area contributed by atoms with Gasteiger partial charge in [-0.05, 0) is 63.6 Å². The van der Waals surface area contributed by atoms with Crippen LogP contribution in [0.15, 0.2) is 35.9 Å². The van der Waals surface area contributed by atoms with Crippen LogP contribution in [0.2, 0.25) is 5.02 Å². The van der Waals surface area contributed by atoms with Crippen molar-refractivity contribution in [2.75, 3.05) is 26.2 Å². The summed E-state index contributed by atoms with van der Waals surface area (Å²) in [5.41, 5.74) is 2.80. The monoisotopic (exact) mass is 509 g/mol. The topological polar surface area (TPSA) is 62.3 Å². The van der Waals surface area contributed by atoms with Crippen molar-refractivity contribution < 1.29 is 19.4 Å². The lowest BCUT2D eigenvalue weighted by molar-refractivity contribution is -0.118. The SMILES string of the molecule is CC.CCC(C)C/C=C/C=C(\C)Cc1cc(OC)c(Cl)c(N(C)C(=O)CCC2(C)OC2C)c1.CO. The van der Waals surface area contributed by atoms with Gasteiger partial charge in [0.25, 0.3) is 0 Å². The Morgan fingerprint density at radius 3 is 2.46 bits per heavy atom. The van der Waals surface area contributed by atoms with Gasteiger partial charge in [0.1, 0.15) is 10.8 Å². The van der Waals surface area contributed by atoms with E-state index in [1.54, 1.807) is 19.1 Å². The summed E-state index contributed by atoms with van der Waals surface area (Å²) in [6.07, 6.45) is 10.9. The number of hydrogen-bond donors (Lipinski definition) is 1. The number of epoxide rings is 1. The van der Waals surface area contributed by atoms with E-state index in [2.05, 4.69) is 39.0 Å². The Bertz CT molecular complexity index is 836. The molecule has 0 bridgehead atoms. The molecule has 0 radical (unpaired) electrons. The Morgan fingerprint density at radius 2 is 1.94 bits per heavy atom. The smallest absolute Gasteiger partial charge is 0.226 e. The molecule has 3 atom stereocenters. The van der Waals surface area contributed by atoms with Gasteiger partial charge in [0.15, 0.2) is 0 Å². The van der Waals surface area contributed by atoms with Gasteiger partial charge in [-0.2, -0.15) is 0 Å². The van der Waals surface area contributed by atoms with Crippen LogP contribution in [0.3, 0.4) is 0 Å². The molecule has 1 amide bonds. The first kappa shape index (κ1) is 33.2. The molecule has 0 aliphatic carbocycles. The van der Waals surface area contributed by atoms with Crippen molar-refractivity contribution in [1.29, 1.82) is 0 Å². The average Bonchev–Trinajstić information content (AvgIpc) is 3.48. The van der Waals surface area contributed by atoms with E-state index in [-0.39, 0.29) is 17.6 Å². The lowest BCUT2D eigenvalue weighted by Crippen LogP contribution is -2.28. The molecule has 200 valence electrons. The normalized spacial score (nSPS) is 19.8. The summed E-state index contributed by atoms with van der Waals surface area (Å²) < 4.78 is 11.1. The van der Waals surface area contributed by atoms with E-state index in [9.17, 15) is 4.79 Å². The molecule has 1 aliphatic heterocycles. The van der Waals surface area contributed by atoms with Crippen LogP contribution in [0, 0.1) is 5.92 Å². The third kappa shape index (κ3) is 10.8. The molecule has 1 heterocycles. The zero-order valence-corrected chi connectivity index (χ0v) is 24.3. The van der Waals surface area contributed by atoms with Crippen LogP contribution in [-0.4, -0.2) is 44.0 Å². The van der Waals surface area contributed by atoms with E-state index in [1.807, 2.05) is 39.8 Å². The minimum absolute atomic E-state index is 0.0188. The molecule has 0 saturated carbocycles. The van der Waals surface area contributed by atoms with Gasteiger partial charge in [0.05, 0.1) is 24.5 Å². The molecule has 0 aromatic heterocycles. The highest BCUT2D eigenvalue weighted by Gasteiger charge is 2.48. The van der Waals surface area contributed by atoms with Crippen LogP contribution in [0.1, 0.15) is 79.7 Å². The van der Waals surface area contributed by atoms with Crippen LogP contribution in [0.25, 0.3) is 0 Å². The van der Waals surface area contributed by atoms with Crippen molar-refractivity contribution in [1.82, 2.24) is 0 Å². The number of halogens is 1. The molecule has 0 spiro atoms. The summed E-state index contributed by atoms with van der Waals surface area (Å²) in [4.78, 5) is 14.4. The third-order valence-corrected chi connectivity index (χ3v) is 6.73. The van der Waals surface area contributed by atoms with Crippen LogP contribution in [-0.2, 0) is 16.0 Å². The Labute approximate surface area is 219 Å². The molecule has 35 heavy (non-hydrogen) atoms. The van der Waals surface area contributed by atoms with Gasteiger partial charge >= 0.3 is 0 Å². The summed E-state index contributed by atoms with van der Waals surface area (Å²) in [6.45, 7) is 14.7. The number of hydrogen-bond acceptors (Lipinski definition) is 4. The maximum absolute atomic E-state index is 12.8. The van der Waals surface area contributed by atoms with Crippen molar-refractivity contribution >= 4 is 23.2 Å². The van der Waals surface area contributed by atoms with E-state index >= 15 is 0 Å². The van der Waals surface area contributed by atoms with Crippen molar-refractivity contribution in [3.05, 3.63) is 46.5 Å². The van der Waals surface area contributed by atoms with Crippen LogP contribution < -0.4 is 9.64 Å². The zero-order valence-electron chi connectivity index (χ0n) is 23.6. The number of nitrogens with zero attached hydrogens (tertiary/aromatic N) is 1. The summed E-state index contributed by atoms with van der Waals surface area (Å²) in [5.74, 6) is 1.31. The number of benzene rings is 1. The molecule has 1 aromatic carbocycles. The average molecular weight is 510 g/mol. The number of carbonyl (C=O) groups is 1. The highest BCUT2D eigenvalue weighted by molar-refractivity contribution is 6.35. The molecule has 1 aliphatic rings. The van der Waals surface area contributed by atoms with Crippen molar-refractivity contribution in [2.24, 2.45) is 5.92 Å².